The molecule has 0 bridgehead atoms. The third-order valence-corrected chi connectivity index (χ3v) is 6.99. The van der Waals surface area contributed by atoms with Crippen molar-refractivity contribution in [2.75, 3.05) is 18.4 Å². The fourth-order valence-electron chi connectivity index (χ4n) is 4.57. The van der Waals surface area contributed by atoms with Crippen molar-refractivity contribution in [3.8, 4) is 0 Å². The Morgan fingerprint density at radius 1 is 0.929 bits per heavy atom. The maximum absolute atomic E-state index is 13.3. The number of hydrogen-bond donors (Lipinski definition) is 4. The zero-order valence-electron chi connectivity index (χ0n) is 24.2. The number of nitrogens with two attached hydrogens (primary N) is 1. The van der Waals surface area contributed by atoms with E-state index in [4.69, 9.17) is 5.73 Å². The Balaban J connectivity index is 0.00000882. The summed E-state index contributed by atoms with van der Waals surface area (Å²) in [6.07, 6.45) is 6.07. The molecule has 0 fully saturated rings. The van der Waals surface area contributed by atoms with Crippen LogP contribution in [-0.4, -0.2) is 59.5 Å². The molecule has 42 heavy (non-hydrogen) atoms. The Bertz CT molecular complexity index is 1100. The molecule has 11 heteroatoms. The highest BCUT2D eigenvalue weighted by Crippen LogP contribution is 2.19. The lowest BCUT2D eigenvalue weighted by Gasteiger charge is -2.24. The minimum atomic E-state index is -0.753. The lowest BCUT2D eigenvalue weighted by atomic mass is 9.89. The number of carbonyl (C=O) groups excluding carboxylic acids is 6. The van der Waals surface area contributed by atoms with Crippen LogP contribution in [0.3, 0.4) is 0 Å². The van der Waals surface area contributed by atoms with E-state index < -0.39 is 18.0 Å². The lowest BCUT2D eigenvalue weighted by molar-refractivity contribution is -0.137. The number of amides is 6. The van der Waals surface area contributed by atoms with Crippen molar-refractivity contribution >= 4 is 41.1 Å². The number of urea groups is 1. The molecule has 1 aromatic carbocycles. The Morgan fingerprint density at radius 2 is 1.57 bits per heavy atom. The number of nitrogens with zero attached hydrogens (tertiary/aromatic N) is 1. The SMILES string of the molecule is C.CCc1ccc(NC(=O)[C@H](CCCNC(N)=O)CC(=O)[C@@H](NC(=O)CCCCCN2C(=O)C=CC2=O)C(C)C)cc1. The summed E-state index contributed by atoms with van der Waals surface area (Å²) in [6.45, 7) is 6.29. The summed E-state index contributed by atoms with van der Waals surface area (Å²) >= 11 is 0. The van der Waals surface area contributed by atoms with E-state index in [2.05, 4.69) is 16.0 Å². The van der Waals surface area contributed by atoms with Gasteiger partial charge in [0.2, 0.25) is 11.8 Å². The fraction of sp³-hybridized carbons (Fsp3) is 0.548. The maximum atomic E-state index is 13.3. The molecule has 2 atom stereocenters. The molecule has 1 aliphatic rings. The Morgan fingerprint density at radius 3 is 2.14 bits per heavy atom. The summed E-state index contributed by atoms with van der Waals surface area (Å²) < 4.78 is 0. The van der Waals surface area contributed by atoms with E-state index >= 15 is 0 Å². The molecular formula is C31H47N5O6. The highest BCUT2D eigenvalue weighted by Gasteiger charge is 2.29. The molecule has 0 aromatic heterocycles. The molecule has 1 aliphatic heterocycles. The van der Waals surface area contributed by atoms with Gasteiger partial charge in [-0.1, -0.05) is 46.8 Å². The van der Waals surface area contributed by atoms with Crippen LogP contribution in [0.1, 0.15) is 78.7 Å². The number of imide groups is 1. The molecule has 11 nitrogen and oxygen atoms in total. The Kier molecular flexibility index (Phi) is 15.8. The summed E-state index contributed by atoms with van der Waals surface area (Å²) in [7, 11) is 0. The second-order valence-electron chi connectivity index (χ2n) is 10.6. The van der Waals surface area contributed by atoms with Gasteiger partial charge in [-0.2, -0.15) is 0 Å². The Hall–Kier alpha value is -4.02. The number of anilines is 1. The van der Waals surface area contributed by atoms with Gasteiger partial charge in [-0.25, -0.2) is 4.79 Å². The third-order valence-electron chi connectivity index (χ3n) is 6.99. The predicted molar refractivity (Wildman–Crippen MR) is 162 cm³/mol. The van der Waals surface area contributed by atoms with Gasteiger partial charge in [-0.3, -0.25) is 28.9 Å². The van der Waals surface area contributed by atoms with Crippen LogP contribution in [0.25, 0.3) is 0 Å². The van der Waals surface area contributed by atoms with Gasteiger partial charge in [0.15, 0.2) is 5.78 Å². The number of nitrogens with one attached hydrogen (secondary N) is 3. The van der Waals surface area contributed by atoms with Crippen molar-refractivity contribution in [3.63, 3.8) is 0 Å². The second-order valence-corrected chi connectivity index (χ2v) is 10.6. The lowest BCUT2D eigenvalue weighted by Crippen LogP contribution is -2.45. The van der Waals surface area contributed by atoms with Crippen LogP contribution in [0, 0.1) is 11.8 Å². The van der Waals surface area contributed by atoms with Crippen LogP contribution in [0.5, 0.6) is 0 Å². The predicted octanol–water partition coefficient (Wildman–Crippen LogP) is 3.47. The number of rotatable bonds is 18. The molecule has 5 N–H and O–H groups in total. The van der Waals surface area contributed by atoms with E-state index in [0.717, 1.165) is 12.0 Å². The average Bonchev–Trinajstić information content (AvgIpc) is 3.25. The van der Waals surface area contributed by atoms with Crippen molar-refractivity contribution in [2.24, 2.45) is 17.6 Å². The van der Waals surface area contributed by atoms with Gasteiger partial charge in [0.25, 0.3) is 11.8 Å². The summed E-state index contributed by atoms with van der Waals surface area (Å²) in [5, 5.41) is 8.21. The minimum absolute atomic E-state index is 0. The monoisotopic (exact) mass is 585 g/mol. The first kappa shape index (κ1) is 36.0. The van der Waals surface area contributed by atoms with E-state index in [1.54, 1.807) is 0 Å². The largest absolute Gasteiger partial charge is 0.352 e. The van der Waals surface area contributed by atoms with Crippen molar-refractivity contribution in [1.82, 2.24) is 15.5 Å². The van der Waals surface area contributed by atoms with Gasteiger partial charge in [0, 0.05) is 49.7 Å². The first-order valence-corrected chi connectivity index (χ1v) is 14.3. The summed E-state index contributed by atoms with van der Waals surface area (Å²) in [4.78, 5) is 74.6. The minimum Gasteiger partial charge on any atom is -0.352 e. The van der Waals surface area contributed by atoms with Gasteiger partial charge in [0.1, 0.15) is 0 Å². The van der Waals surface area contributed by atoms with E-state index in [9.17, 15) is 28.8 Å². The van der Waals surface area contributed by atoms with Crippen LogP contribution in [0.15, 0.2) is 36.4 Å². The van der Waals surface area contributed by atoms with Gasteiger partial charge in [-0.05, 0) is 55.7 Å². The number of hydrogen-bond acceptors (Lipinski definition) is 6. The summed E-state index contributed by atoms with van der Waals surface area (Å²) in [5.74, 6) is -2.31. The van der Waals surface area contributed by atoms with Crippen molar-refractivity contribution < 1.29 is 28.8 Å². The van der Waals surface area contributed by atoms with E-state index in [-0.39, 0.29) is 62.1 Å². The van der Waals surface area contributed by atoms with Gasteiger partial charge < -0.3 is 21.7 Å². The average molecular weight is 586 g/mol. The van der Waals surface area contributed by atoms with Crippen LogP contribution in [-0.2, 0) is 30.4 Å². The molecule has 0 radical (unpaired) electrons. The molecule has 6 amide bonds. The number of carbonyl (C=O) groups is 6. The number of unbranched alkanes of at least 4 members (excludes halogenated alkanes) is 2. The molecule has 1 heterocycles. The summed E-state index contributed by atoms with van der Waals surface area (Å²) in [5.41, 5.74) is 6.89. The zero-order valence-corrected chi connectivity index (χ0v) is 24.2. The van der Waals surface area contributed by atoms with Crippen molar-refractivity contribution in [3.05, 3.63) is 42.0 Å². The quantitative estimate of drug-likeness (QED) is 0.152. The van der Waals surface area contributed by atoms with E-state index in [1.807, 2.05) is 45.0 Å². The van der Waals surface area contributed by atoms with Gasteiger partial charge >= 0.3 is 6.03 Å². The van der Waals surface area contributed by atoms with E-state index in [1.165, 1.54) is 17.1 Å². The number of Topliss-reactive ketones (excluding diaryl/α,β-unsaturated/α-hetero) is 1. The normalized spacial score (nSPS) is 13.9. The van der Waals surface area contributed by atoms with Crippen molar-refractivity contribution in [2.45, 2.75) is 85.6 Å². The number of ketones is 1. The van der Waals surface area contributed by atoms with Crippen molar-refractivity contribution in [1.29, 1.82) is 0 Å². The van der Waals surface area contributed by atoms with Crippen LogP contribution in [0.4, 0.5) is 10.5 Å². The molecular weight excluding hydrogens is 538 g/mol. The topological polar surface area (TPSA) is 168 Å². The molecule has 0 spiro atoms. The Labute approximate surface area is 249 Å². The highest BCUT2D eigenvalue weighted by atomic mass is 16.2. The first-order valence-electron chi connectivity index (χ1n) is 14.3. The van der Waals surface area contributed by atoms with Crippen LogP contribution in [0.2, 0.25) is 0 Å². The molecule has 0 unspecified atom stereocenters. The fourth-order valence-corrected chi connectivity index (χ4v) is 4.57. The second kappa shape index (κ2) is 18.4. The molecule has 2 rings (SSSR count). The first-order chi connectivity index (χ1) is 19.5. The standard InChI is InChI=1S/C30H43N5O6.CH4/c1-4-21-11-13-23(14-12-21)33-29(40)22(9-8-17-32-30(31)41)19-24(36)28(20(2)3)34-25(37)10-6-5-7-18-35-26(38)15-16-27(35)39;/h11-16,20,22,28H,4-10,17-19H2,1-3H3,(H,33,40)(H,34,37)(H3,31,32,41);1H4/t22-,28+;/m1./s1. The molecule has 0 saturated heterocycles. The molecule has 0 saturated carbocycles. The molecule has 1 aromatic rings. The van der Waals surface area contributed by atoms with Gasteiger partial charge in [0.05, 0.1) is 6.04 Å². The number of benzene rings is 1. The summed E-state index contributed by atoms with van der Waals surface area (Å²) in [6, 6.07) is 6.09. The molecule has 232 valence electrons. The highest BCUT2D eigenvalue weighted by molar-refractivity contribution is 6.12. The van der Waals surface area contributed by atoms with E-state index in [0.29, 0.717) is 44.3 Å². The number of primary amides is 1. The maximum Gasteiger partial charge on any atom is 0.312 e. The van der Waals surface area contributed by atoms with Gasteiger partial charge in [-0.15, -0.1) is 0 Å². The van der Waals surface area contributed by atoms with Crippen LogP contribution >= 0.6 is 0 Å². The molecule has 0 aliphatic carbocycles. The number of aryl methyl sites for hydroxylation is 1. The smallest absolute Gasteiger partial charge is 0.312 e. The third kappa shape index (κ3) is 12.2. The zero-order chi connectivity index (χ0) is 30.4. The van der Waals surface area contributed by atoms with Crippen LogP contribution < -0.4 is 21.7 Å².